The van der Waals surface area contributed by atoms with Gasteiger partial charge in [0.05, 0.1) is 28.0 Å². The summed E-state index contributed by atoms with van der Waals surface area (Å²) in [5, 5.41) is 25.8. The average Bonchev–Trinajstić information content (AvgIpc) is 3.44. The molecule has 1 fully saturated rings. The summed E-state index contributed by atoms with van der Waals surface area (Å²) in [5.41, 5.74) is 2.84. The van der Waals surface area contributed by atoms with Crippen molar-refractivity contribution in [1.82, 2.24) is 14.9 Å². The molecule has 2 atom stereocenters. The van der Waals surface area contributed by atoms with Crippen molar-refractivity contribution in [2.75, 3.05) is 4.90 Å². The maximum absolute atomic E-state index is 11.3. The van der Waals surface area contributed by atoms with Gasteiger partial charge in [0, 0.05) is 30.2 Å². The predicted octanol–water partition coefficient (Wildman–Crippen LogP) is 4.66. The molecule has 4 aromatic rings. The van der Waals surface area contributed by atoms with Crippen LogP contribution in [0.4, 0.5) is 11.4 Å². The van der Waals surface area contributed by atoms with Crippen LogP contribution in [0.15, 0.2) is 91.3 Å². The Bertz CT molecular complexity index is 1340. The van der Waals surface area contributed by atoms with E-state index in [1.165, 1.54) is 12.1 Å². The van der Waals surface area contributed by atoms with Crippen molar-refractivity contribution in [2.24, 2.45) is 0 Å². The first-order valence-corrected chi connectivity index (χ1v) is 10.7. The molecular formula is C24H19N5O3S. The lowest BCUT2D eigenvalue weighted by molar-refractivity contribution is -0.384. The van der Waals surface area contributed by atoms with Crippen LogP contribution < -0.4 is 10.2 Å². The highest BCUT2D eigenvalue weighted by Gasteiger charge is 2.43. The number of non-ortho nitro benzene ring substituents is 1. The van der Waals surface area contributed by atoms with E-state index in [1.54, 1.807) is 30.5 Å². The van der Waals surface area contributed by atoms with E-state index in [0.717, 1.165) is 11.4 Å². The third-order valence-corrected chi connectivity index (χ3v) is 5.96. The van der Waals surface area contributed by atoms with Gasteiger partial charge in [0.1, 0.15) is 11.8 Å². The molecule has 0 saturated carbocycles. The maximum atomic E-state index is 11.3. The molecule has 5 rings (SSSR count). The van der Waals surface area contributed by atoms with Gasteiger partial charge < -0.3 is 19.9 Å². The second-order valence-corrected chi connectivity index (χ2v) is 7.95. The number of hydrogen-bond acceptors (Lipinski definition) is 5. The van der Waals surface area contributed by atoms with Gasteiger partial charge in [-0.25, -0.2) is 0 Å². The van der Waals surface area contributed by atoms with Crippen molar-refractivity contribution in [3.8, 4) is 11.4 Å². The van der Waals surface area contributed by atoms with Crippen LogP contribution in [0, 0.1) is 10.1 Å². The van der Waals surface area contributed by atoms with Gasteiger partial charge in [-0.1, -0.05) is 24.3 Å². The van der Waals surface area contributed by atoms with Crippen molar-refractivity contribution in [3.63, 3.8) is 0 Å². The smallest absolute Gasteiger partial charge is 0.271 e. The molecule has 2 aromatic carbocycles. The Morgan fingerprint density at radius 2 is 1.85 bits per heavy atom. The summed E-state index contributed by atoms with van der Waals surface area (Å²) in [7, 11) is 0. The lowest BCUT2D eigenvalue weighted by Gasteiger charge is -2.29. The second-order valence-electron chi connectivity index (χ2n) is 7.57. The number of pyridine rings is 1. The van der Waals surface area contributed by atoms with Crippen LogP contribution in [-0.4, -0.2) is 24.7 Å². The monoisotopic (exact) mass is 457 g/mol. The van der Waals surface area contributed by atoms with Crippen LogP contribution in [0.2, 0.25) is 0 Å². The SMILES string of the molecule is O=[N+]([O-])c1cccc(-n2cccc2[C@H]2[C@H](c3ccccn3)NC(=S)N2c2ccccc2O)c1. The molecule has 164 valence electrons. The van der Waals surface area contributed by atoms with E-state index in [9.17, 15) is 15.2 Å². The van der Waals surface area contributed by atoms with Gasteiger partial charge in [0.2, 0.25) is 0 Å². The molecule has 0 spiro atoms. The van der Waals surface area contributed by atoms with Crippen molar-refractivity contribution >= 4 is 28.7 Å². The fourth-order valence-electron chi connectivity index (χ4n) is 4.21. The molecule has 33 heavy (non-hydrogen) atoms. The van der Waals surface area contributed by atoms with E-state index >= 15 is 0 Å². The first-order chi connectivity index (χ1) is 16.0. The molecule has 0 radical (unpaired) electrons. The summed E-state index contributed by atoms with van der Waals surface area (Å²) in [5.74, 6) is 0.0989. The minimum Gasteiger partial charge on any atom is -0.506 e. The molecule has 0 amide bonds. The number of thiocarbonyl (C=S) groups is 1. The summed E-state index contributed by atoms with van der Waals surface area (Å²) >= 11 is 5.70. The van der Waals surface area contributed by atoms with E-state index in [1.807, 2.05) is 58.1 Å². The lowest BCUT2D eigenvalue weighted by Crippen LogP contribution is -2.30. The first kappa shape index (κ1) is 20.7. The van der Waals surface area contributed by atoms with Crippen molar-refractivity contribution in [3.05, 3.63) is 113 Å². The fourth-order valence-corrected chi connectivity index (χ4v) is 4.55. The molecule has 9 heteroatoms. The number of phenolic OH excluding ortho intramolecular Hbond substituents is 1. The zero-order valence-electron chi connectivity index (χ0n) is 17.3. The van der Waals surface area contributed by atoms with Crippen LogP contribution >= 0.6 is 12.2 Å². The number of hydrogen-bond donors (Lipinski definition) is 2. The van der Waals surface area contributed by atoms with Gasteiger partial charge in [-0.2, -0.15) is 0 Å². The van der Waals surface area contributed by atoms with Gasteiger partial charge >= 0.3 is 0 Å². The van der Waals surface area contributed by atoms with Gasteiger partial charge in [0.15, 0.2) is 5.11 Å². The minimum atomic E-state index is -0.413. The minimum absolute atomic E-state index is 0.00561. The van der Waals surface area contributed by atoms with Gasteiger partial charge in [-0.05, 0) is 54.7 Å². The van der Waals surface area contributed by atoms with Gasteiger partial charge in [-0.15, -0.1) is 0 Å². The van der Waals surface area contributed by atoms with Crippen LogP contribution in [0.5, 0.6) is 5.75 Å². The molecule has 3 heterocycles. The third-order valence-electron chi connectivity index (χ3n) is 5.64. The Morgan fingerprint density at radius 1 is 1.03 bits per heavy atom. The molecule has 8 nitrogen and oxygen atoms in total. The van der Waals surface area contributed by atoms with E-state index < -0.39 is 4.92 Å². The van der Waals surface area contributed by atoms with Crippen LogP contribution in [0.25, 0.3) is 5.69 Å². The Hall–Kier alpha value is -4.24. The second kappa shape index (κ2) is 8.36. The largest absolute Gasteiger partial charge is 0.506 e. The number of anilines is 1. The van der Waals surface area contributed by atoms with Crippen LogP contribution in [0.1, 0.15) is 23.5 Å². The Labute approximate surface area is 194 Å². The number of aromatic hydroxyl groups is 1. The van der Waals surface area contributed by atoms with Crippen molar-refractivity contribution < 1.29 is 10.0 Å². The highest BCUT2D eigenvalue weighted by Crippen LogP contribution is 2.44. The van der Waals surface area contributed by atoms with Gasteiger partial charge in [-0.3, -0.25) is 15.1 Å². The fraction of sp³-hybridized carbons (Fsp3) is 0.0833. The molecule has 1 saturated heterocycles. The summed E-state index contributed by atoms with van der Waals surface area (Å²) in [6.07, 6.45) is 3.58. The Morgan fingerprint density at radius 3 is 2.61 bits per heavy atom. The summed E-state index contributed by atoms with van der Waals surface area (Å²) in [6.45, 7) is 0. The number of aromatic nitrogens is 2. The predicted molar refractivity (Wildman–Crippen MR) is 128 cm³/mol. The highest BCUT2D eigenvalue weighted by molar-refractivity contribution is 7.80. The number of nitro groups is 1. The van der Waals surface area contributed by atoms with E-state index in [2.05, 4.69) is 10.3 Å². The molecule has 0 aliphatic carbocycles. The topological polar surface area (TPSA) is 96.5 Å². The molecule has 0 bridgehead atoms. The van der Waals surface area contributed by atoms with Crippen molar-refractivity contribution in [2.45, 2.75) is 12.1 Å². The van der Waals surface area contributed by atoms with Gasteiger partial charge in [0.25, 0.3) is 5.69 Å². The summed E-state index contributed by atoms with van der Waals surface area (Å²) < 4.78 is 1.90. The van der Waals surface area contributed by atoms with Crippen LogP contribution in [0.3, 0.4) is 0 Å². The van der Waals surface area contributed by atoms with E-state index in [4.69, 9.17) is 12.2 Å². The number of para-hydroxylation sites is 2. The average molecular weight is 458 g/mol. The highest BCUT2D eigenvalue weighted by atomic mass is 32.1. The van der Waals surface area contributed by atoms with E-state index in [-0.39, 0.29) is 23.5 Å². The molecule has 1 aliphatic rings. The van der Waals surface area contributed by atoms with Crippen LogP contribution in [-0.2, 0) is 0 Å². The first-order valence-electron chi connectivity index (χ1n) is 10.3. The lowest BCUT2D eigenvalue weighted by atomic mass is 10.0. The zero-order chi connectivity index (χ0) is 22.9. The molecular weight excluding hydrogens is 438 g/mol. The number of nitrogens with zero attached hydrogens (tertiary/aromatic N) is 4. The molecule has 2 aromatic heterocycles. The quantitative estimate of drug-likeness (QED) is 0.256. The van der Waals surface area contributed by atoms with Crippen molar-refractivity contribution in [1.29, 1.82) is 0 Å². The Kier molecular flexibility index (Phi) is 5.23. The molecule has 2 N–H and O–H groups in total. The third kappa shape index (κ3) is 3.68. The number of rotatable bonds is 5. The normalized spacial score (nSPS) is 17.7. The number of nitro benzene ring substituents is 1. The number of phenols is 1. The summed E-state index contributed by atoms with van der Waals surface area (Å²) in [4.78, 5) is 17.3. The maximum Gasteiger partial charge on any atom is 0.271 e. The number of benzene rings is 2. The molecule has 1 aliphatic heterocycles. The van der Waals surface area contributed by atoms with E-state index in [0.29, 0.717) is 16.5 Å². The number of nitrogens with one attached hydrogen (secondary N) is 1. The zero-order valence-corrected chi connectivity index (χ0v) is 18.1. The molecule has 0 unspecified atom stereocenters. The standard InChI is InChI=1S/C24H19N5O3S/c30-21-12-2-1-10-19(21)28-23(22(26-24(28)33)18-9-3-4-13-25-18)20-11-6-14-27(20)16-7-5-8-17(15-16)29(31)32/h1-15,22-23,30H,(H,26,33)/t22-,23-/m0/s1. The Balaban J connectivity index is 1.68. The summed E-state index contributed by atoms with van der Waals surface area (Å²) in [6, 6.07) is 22.3.